The first-order chi connectivity index (χ1) is 17.3. The van der Waals surface area contributed by atoms with Gasteiger partial charge in [-0.25, -0.2) is 23.9 Å². The van der Waals surface area contributed by atoms with Crippen molar-refractivity contribution in [2.75, 3.05) is 0 Å². The van der Waals surface area contributed by atoms with Crippen LogP contribution in [-0.4, -0.2) is 71.3 Å². The van der Waals surface area contributed by atoms with Crippen LogP contribution in [0.25, 0.3) is 0 Å². The number of aromatic hydroxyl groups is 2. The molecule has 2 aromatic heterocycles. The molecule has 210 valence electrons. The van der Waals surface area contributed by atoms with E-state index in [1.807, 2.05) is 0 Å². The first-order valence-corrected chi connectivity index (χ1v) is 11.7. The van der Waals surface area contributed by atoms with Crippen LogP contribution in [-0.2, 0) is 25.5 Å². The summed E-state index contributed by atoms with van der Waals surface area (Å²) in [4.78, 5) is 60.1. The fourth-order valence-electron chi connectivity index (χ4n) is 2.96. The first-order valence-electron chi connectivity index (χ1n) is 11.7. The van der Waals surface area contributed by atoms with Gasteiger partial charge in [-0.3, -0.25) is 4.79 Å². The van der Waals surface area contributed by atoms with Crippen LogP contribution in [0.1, 0.15) is 61.1 Å². The van der Waals surface area contributed by atoms with E-state index >= 15 is 0 Å². The highest BCUT2D eigenvalue weighted by Gasteiger charge is 2.37. The molecular formula is C24H35N5O9. The summed E-state index contributed by atoms with van der Waals surface area (Å²) in [5.74, 6) is -2.95. The maximum absolute atomic E-state index is 13.3. The number of hydrogen-bond acceptors (Lipinski definition) is 10. The van der Waals surface area contributed by atoms with Crippen molar-refractivity contribution in [3.8, 4) is 11.8 Å². The Morgan fingerprint density at radius 3 is 2.03 bits per heavy atom. The van der Waals surface area contributed by atoms with E-state index in [2.05, 4.69) is 15.6 Å². The van der Waals surface area contributed by atoms with Crippen molar-refractivity contribution in [2.45, 2.75) is 84.6 Å². The number of alkyl carbamates (subject to hydrolysis) is 1. The monoisotopic (exact) mass is 537 g/mol. The predicted molar refractivity (Wildman–Crippen MR) is 132 cm³/mol. The normalized spacial score (nSPS) is 12.8. The smallest absolute Gasteiger partial charge is 0.420 e. The number of ether oxygens (including phenoxy) is 2. The number of rotatable bonds is 7. The number of aromatic nitrogens is 3. The van der Waals surface area contributed by atoms with Crippen LogP contribution in [0.4, 0.5) is 9.59 Å². The van der Waals surface area contributed by atoms with Gasteiger partial charge in [0.25, 0.3) is 0 Å². The zero-order chi connectivity index (χ0) is 29.1. The Balaban J connectivity index is 2.28. The average molecular weight is 538 g/mol. The Bertz CT molecular complexity index is 1170. The van der Waals surface area contributed by atoms with Crippen LogP contribution in [0.3, 0.4) is 0 Å². The van der Waals surface area contributed by atoms with Crippen molar-refractivity contribution >= 4 is 24.1 Å². The highest BCUT2D eigenvalue weighted by Crippen LogP contribution is 2.20. The van der Waals surface area contributed by atoms with E-state index in [0.29, 0.717) is 4.73 Å². The summed E-state index contributed by atoms with van der Waals surface area (Å²) in [6, 6.07) is 0.870. The van der Waals surface area contributed by atoms with Crippen LogP contribution in [0.5, 0.6) is 11.8 Å². The lowest BCUT2D eigenvalue weighted by Gasteiger charge is -2.28. The lowest BCUT2D eigenvalue weighted by atomic mass is 10.0. The summed E-state index contributed by atoms with van der Waals surface area (Å²) in [6.07, 6.45) is 0.663. The second kappa shape index (κ2) is 11.0. The molecule has 1 atom stereocenters. The van der Waals surface area contributed by atoms with Gasteiger partial charge >= 0.3 is 18.2 Å². The van der Waals surface area contributed by atoms with E-state index < -0.39 is 58.6 Å². The maximum atomic E-state index is 13.3. The third kappa shape index (κ3) is 8.42. The lowest BCUT2D eigenvalue weighted by Crippen LogP contribution is -2.59. The molecule has 14 heteroatoms. The van der Waals surface area contributed by atoms with E-state index in [-0.39, 0.29) is 12.1 Å². The Hall–Kier alpha value is -4.23. The summed E-state index contributed by atoms with van der Waals surface area (Å²) >= 11 is 0. The molecule has 0 spiro atoms. The Morgan fingerprint density at radius 2 is 1.50 bits per heavy atom. The molecule has 0 bridgehead atoms. The molecule has 0 radical (unpaired) electrons. The zero-order valence-electron chi connectivity index (χ0n) is 22.7. The van der Waals surface area contributed by atoms with Gasteiger partial charge in [0, 0.05) is 24.8 Å². The van der Waals surface area contributed by atoms with Crippen molar-refractivity contribution in [2.24, 2.45) is 0 Å². The van der Waals surface area contributed by atoms with E-state index in [4.69, 9.17) is 14.3 Å². The van der Waals surface area contributed by atoms with Crippen LogP contribution in [0, 0.1) is 0 Å². The van der Waals surface area contributed by atoms with E-state index in [9.17, 15) is 29.4 Å². The van der Waals surface area contributed by atoms with Gasteiger partial charge in [0.15, 0.2) is 0 Å². The lowest BCUT2D eigenvalue weighted by molar-refractivity contribution is -0.154. The average Bonchev–Trinajstić information content (AvgIpc) is 3.32. The minimum absolute atomic E-state index is 0.228. The second-order valence-electron chi connectivity index (χ2n) is 11.0. The molecule has 0 saturated heterocycles. The van der Waals surface area contributed by atoms with E-state index in [0.717, 1.165) is 16.7 Å². The highest BCUT2D eigenvalue weighted by atomic mass is 16.7. The van der Waals surface area contributed by atoms with Gasteiger partial charge in [-0.1, -0.05) is 0 Å². The SMILES string of the molecule is CC(C)(C)OC(=O)N[C@@H](Cc1cncn1C(=O)OC(C)(C)C)C(=O)NC(C)(C)C(=O)On1c(O)ccc1O. The van der Waals surface area contributed by atoms with Crippen molar-refractivity contribution in [3.63, 3.8) is 0 Å². The molecular weight excluding hydrogens is 502 g/mol. The minimum Gasteiger partial charge on any atom is -0.492 e. The summed E-state index contributed by atoms with van der Waals surface area (Å²) in [6.45, 7) is 12.6. The Kier molecular flexibility index (Phi) is 8.70. The summed E-state index contributed by atoms with van der Waals surface area (Å²) in [7, 11) is 0. The molecule has 38 heavy (non-hydrogen) atoms. The van der Waals surface area contributed by atoms with Crippen LogP contribution < -0.4 is 15.5 Å². The van der Waals surface area contributed by atoms with E-state index in [1.165, 1.54) is 26.4 Å². The molecule has 0 unspecified atom stereocenters. The fraction of sp³-hybridized carbons (Fsp3) is 0.542. The van der Waals surface area contributed by atoms with Gasteiger partial charge in [-0.2, -0.15) is 0 Å². The molecule has 2 rings (SSSR count). The number of imidazole rings is 1. The van der Waals surface area contributed by atoms with E-state index in [1.54, 1.807) is 41.5 Å². The number of amides is 2. The van der Waals surface area contributed by atoms with Crippen LogP contribution in [0.15, 0.2) is 24.7 Å². The number of nitrogens with zero attached hydrogens (tertiary/aromatic N) is 3. The maximum Gasteiger partial charge on any atom is 0.420 e. The van der Waals surface area contributed by atoms with Gasteiger partial charge in [0.2, 0.25) is 17.7 Å². The number of hydrogen-bond donors (Lipinski definition) is 4. The molecule has 0 fully saturated rings. The molecule has 0 aromatic carbocycles. The molecule has 2 aromatic rings. The summed E-state index contributed by atoms with van der Waals surface area (Å²) < 4.78 is 12.2. The van der Waals surface area contributed by atoms with Crippen molar-refractivity contribution in [1.82, 2.24) is 24.9 Å². The fourth-order valence-corrected chi connectivity index (χ4v) is 2.96. The number of carbonyl (C=O) groups is 4. The van der Waals surface area contributed by atoms with Crippen molar-refractivity contribution in [1.29, 1.82) is 0 Å². The zero-order valence-corrected chi connectivity index (χ0v) is 22.7. The standard InChI is InChI=1S/C24H35N5O9/c1-22(2,3)36-20(34)26-15(11-14-12-25-13-28(14)21(35)37-23(4,5)6)18(32)27-24(7,8)19(33)38-29-16(30)9-10-17(29)31/h9-10,12-13,15,30-31H,11H2,1-8H3,(H,26,34)(H,27,32)/t15-/m0/s1. The quantitative estimate of drug-likeness (QED) is 0.407. The largest absolute Gasteiger partial charge is 0.492 e. The van der Waals surface area contributed by atoms with Crippen molar-refractivity contribution in [3.05, 3.63) is 30.4 Å². The van der Waals surface area contributed by atoms with Gasteiger partial charge in [-0.15, -0.1) is 4.73 Å². The van der Waals surface area contributed by atoms with Crippen LogP contribution in [0.2, 0.25) is 0 Å². The molecule has 0 saturated carbocycles. The predicted octanol–water partition coefficient (Wildman–Crippen LogP) is 1.86. The Labute approximate surface area is 219 Å². The van der Waals surface area contributed by atoms with Gasteiger partial charge in [0.1, 0.15) is 29.1 Å². The van der Waals surface area contributed by atoms with Gasteiger partial charge in [-0.05, 0) is 55.4 Å². The third-order valence-corrected chi connectivity index (χ3v) is 4.64. The molecule has 2 heterocycles. The van der Waals surface area contributed by atoms with Gasteiger partial charge in [0.05, 0.1) is 5.69 Å². The molecule has 2 amide bonds. The highest BCUT2D eigenvalue weighted by molar-refractivity contribution is 5.91. The molecule has 14 nitrogen and oxygen atoms in total. The minimum atomic E-state index is -1.69. The number of carbonyl (C=O) groups excluding carboxylic acids is 4. The van der Waals surface area contributed by atoms with Crippen LogP contribution >= 0.6 is 0 Å². The van der Waals surface area contributed by atoms with Crippen molar-refractivity contribution < 1.29 is 43.7 Å². The molecule has 0 aliphatic carbocycles. The topological polar surface area (TPSA) is 183 Å². The second-order valence-corrected chi connectivity index (χ2v) is 11.0. The Morgan fingerprint density at radius 1 is 0.947 bits per heavy atom. The summed E-state index contributed by atoms with van der Waals surface area (Å²) in [5, 5.41) is 24.4. The summed E-state index contributed by atoms with van der Waals surface area (Å²) in [5.41, 5.74) is -3.12. The van der Waals surface area contributed by atoms with Gasteiger partial charge < -0.3 is 35.2 Å². The molecule has 0 aliphatic rings. The molecule has 0 aliphatic heterocycles. The third-order valence-electron chi connectivity index (χ3n) is 4.64. The first kappa shape index (κ1) is 30.0. The number of nitrogens with one attached hydrogen (secondary N) is 2. The molecule has 4 N–H and O–H groups in total.